The zero-order valence-corrected chi connectivity index (χ0v) is 9.61. The molecular formula is C12H14FN3O. The fourth-order valence-corrected chi connectivity index (χ4v) is 1.74. The molecule has 5 heteroatoms. The van der Waals surface area contributed by atoms with Crippen LogP contribution >= 0.6 is 0 Å². The number of benzene rings is 1. The number of nitrogens with zero attached hydrogens (tertiary/aromatic N) is 2. The van der Waals surface area contributed by atoms with E-state index < -0.39 is 6.03 Å². The Morgan fingerprint density at radius 3 is 2.71 bits per heavy atom. The zero-order valence-electron chi connectivity index (χ0n) is 9.61. The van der Waals surface area contributed by atoms with E-state index >= 15 is 0 Å². The molecule has 1 heterocycles. The average molecular weight is 235 g/mol. The predicted octanol–water partition coefficient (Wildman–Crippen LogP) is 2.48. The number of aliphatic imine (C=N–C) groups is 1. The van der Waals surface area contributed by atoms with Gasteiger partial charge in [-0.15, -0.1) is 0 Å². The molecule has 1 aliphatic rings. The molecule has 0 radical (unpaired) electrons. The van der Waals surface area contributed by atoms with Gasteiger partial charge in [0.25, 0.3) is 0 Å². The number of nitrogens with one attached hydrogen (secondary N) is 1. The number of carbonyl (C=O) groups excluding carboxylic acids is 1. The Balaban J connectivity index is 2.00. The molecule has 1 N–H and O–H groups in total. The third-order valence-corrected chi connectivity index (χ3v) is 2.66. The first-order valence-electron chi connectivity index (χ1n) is 5.50. The van der Waals surface area contributed by atoms with E-state index in [1.54, 1.807) is 0 Å². The molecule has 1 aromatic carbocycles. The van der Waals surface area contributed by atoms with Gasteiger partial charge in [0.1, 0.15) is 11.7 Å². The number of rotatable bonds is 1. The largest absolute Gasteiger partial charge is 0.363 e. The Kier molecular flexibility index (Phi) is 3.37. The summed E-state index contributed by atoms with van der Waals surface area (Å²) in [6, 6.07) is 5.19. The van der Waals surface area contributed by atoms with Gasteiger partial charge in [-0.3, -0.25) is 0 Å². The van der Waals surface area contributed by atoms with Gasteiger partial charge in [-0.2, -0.15) is 4.99 Å². The SMILES string of the molecule is CN1CCC/C1=N\C(=O)Nc1ccc(F)cc1. The molecule has 0 atom stereocenters. The molecule has 2 amide bonds. The van der Waals surface area contributed by atoms with Gasteiger partial charge in [0, 0.05) is 25.7 Å². The van der Waals surface area contributed by atoms with Crippen LogP contribution in [-0.4, -0.2) is 30.4 Å². The highest BCUT2D eigenvalue weighted by atomic mass is 19.1. The standard InChI is InChI=1S/C12H14FN3O/c1-16-8-2-3-11(16)15-12(17)14-10-6-4-9(13)5-7-10/h4-7H,2-3,8H2,1H3,(H,14,17)/b15-11+. The van der Waals surface area contributed by atoms with E-state index in [0.29, 0.717) is 5.69 Å². The van der Waals surface area contributed by atoms with E-state index in [4.69, 9.17) is 0 Å². The number of urea groups is 1. The Bertz CT molecular complexity index is 442. The molecule has 0 aromatic heterocycles. The van der Waals surface area contributed by atoms with Crippen LogP contribution in [0, 0.1) is 5.82 Å². The maximum Gasteiger partial charge on any atom is 0.347 e. The minimum absolute atomic E-state index is 0.329. The summed E-state index contributed by atoms with van der Waals surface area (Å²) in [6.45, 7) is 0.933. The van der Waals surface area contributed by atoms with Crippen molar-refractivity contribution in [1.29, 1.82) is 0 Å². The van der Waals surface area contributed by atoms with Crippen molar-refractivity contribution < 1.29 is 9.18 Å². The van der Waals surface area contributed by atoms with Crippen LogP contribution < -0.4 is 5.32 Å². The molecule has 2 rings (SSSR count). The van der Waals surface area contributed by atoms with Crippen LogP contribution in [0.2, 0.25) is 0 Å². The Hall–Kier alpha value is -1.91. The fourth-order valence-electron chi connectivity index (χ4n) is 1.74. The van der Waals surface area contributed by atoms with Gasteiger partial charge < -0.3 is 10.2 Å². The van der Waals surface area contributed by atoms with E-state index in [-0.39, 0.29) is 5.82 Å². The second-order valence-electron chi connectivity index (χ2n) is 3.99. The Morgan fingerprint density at radius 2 is 2.12 bits per heavy atom. The molecule has 1 aliphatic heterocycles. The normalized spacial score (nSPS) is 17.5. The molecule has 0 bridgehead atoms. The highest BCUT2D eigenvalue weighted by Crippen LogP contribution is 2.11. The van der Waals surface area contributed by atoms with Gasteiger partial charge in [-0.1, -0.05) is 0 Å². The molecule has 90 valence electrons. The molecule has 1 aromatic rings. The van der Waals surface area contributed by atoms with Crippen LogP contribution in [0.5, 0.6) is 0 Å². The van der Waals surface area contributed by atoms with E-state index in [1.165, 1.54) is 24.3 Å². The molecule has 0 unspecified atom stereocenters. The van der Waals surface area contributed by atoms with Crippen molar-refractivity contribution in [2.45, 2.75) is 12.8 Å². The van der Waals surface area contributed by atoms with Gasteiger partial charge in [0.2, 0.25) is 0 Å². The molecule has 0 saturated carbocycles. The summed E-state index contributed by atoms with van der Waals surface area (Å²) in [7, 11) is 1.91. The maximum atomic E-state index is 12.7. The van der Waals surface area contributed by atoms with Crippen molar-refractivity contribution >= 4 is 17.6 Å². The minimum Gasteiger partial charge on any atom is -0.363 e. The lowest BCUT2D eigenvalue weighted by molar-refractivity contribution is 0.259. The summed E-state index contributed by atoms with van der Waals surface area (Å²) in [5, 5.41) is 2.60. The number of halogens is 1. The number of amidine groups is 1. The van der Waals surface area contributed by atoms with E-state index in [0.717, 1.165) is 25.2 Å². The van der Waals surface area contributed by atoms with Gasteiger partial charge >= 0.3 is 6.03 Å². The van der Waals surface area contributed by atoms with Crippen LogP contribution in [-0.2, 0) is 0 Å². The Labute approximate surface area is 99.1 Å². The summed E-state index contributed by atoms with van der Waals surface area (Å²) in [5.41, 5.74) is 0.543. The number of hydrogen-bond donors (Lipinski definition) is 1. The first-order chi connectivity index (χ1) is 8.15. The van der Waals surface area contributed by atoms with Crippen molar-refractivity contribution in [2.75, 3.05) is 18.9 Å². The fraction of sp³-hybridized carbons (Fsp3) is 0.333. The van der Waals surface area contributed by atoms with Gasteiger partial charge in [0.05, 0.1) is 0 Å². The summed E-state index contributed by atoms with van der Waals surface area (Å²) < 4.78 is 12.7. The lowest BCUT2D eigenvalue weighted by atomic mass is 10.3. The number of amides is 2. The number of hydrogen-bond acceptors (Lipinski definition) is 1. The first kappa shape index (κ1) is 11.6. The monoisotopic (exact) mass is 235 g/mol. The number of anilines is 1. The predicted molar refractivity (Wildman–Crippen MR) is 64.7 cm³/mol. The topological polar surface area (TPSA) is 44.7 Å². The van der Waals surface area contributed by atoms with Crippen molar-refractivity contribution in [3.8, 4) is 0 Å². The molecule has 1 fully saturated rings. The number of carbonyl (C=O) groups is 1. The second kappa shape index (κ2) is 4.95. The van der Waals surface area contributed by atoms with Gasteiger partial charge in [-0.25, -0.2) is 9.18 Å². The lowest BCUT2D eigenvalue weighted by Gasteiger charge is -2.10. The summed E-state index contributed by atoms with van der Waals surface area (Å²) in [5.74, 6) is 0.467. The molecule has 17 heavy (non-hydrogen) atoms. The van der Waals surface area contributed by atoms with E-state index in [9.17, 15) is 9.18 Å². The second-order valence-corrected chi connectivity index (χ2v) is 3.99. The molecule has 0 spiro atoms. The highest BCUT2D eigenvalue weighted by Gasteiger charge is 2.15. The van der Waals surface area contributed by atoms with E-state index in [1.807, 2.05) is 11.9 Å². The lowest BCUT2D eigenvalue weighted by Crippen LogP contribution is -2.21. The summed E-state index contributed by atoms with van der Waals surface area (Å²) in [6.07, 6.45) is 1.85. The van der Waals surface area contributed by atoms with Crippen molar-refractivity contribution in [3.63, 3.8) is 0 Å². The average Bonchev–Trinajstić information content (AvgIpc) is 2.68. The van der Waals surface area contributed by atoms with Crippen LogP contribution in [0.4, 0.5) is 14.9 Å². The smallest absolute Gasteiger partial charge is 0.347 e. The number of likely N-dealkylation sites (tertiary alicyclic amines) is 1. The van der Waals surface area contributed by atoms with Crippen molar-refractivity contribution in [3.05, 3.63) is 30.1 Å². The first-order valence-corrected chi connectivity index (χ1v) is 5.50. The van der Waals surface area contributed by atoms with Gasteiger partial charge in [-0.05, 0) is 30.7 Å². The van der Waals surface area contributed by atoms with E-state index in [2.05, 4.69) is 10.3 Å². The molecule has 4 nitrogen and oxygen atoms in total. The van der Waals surface area contributed by atoms with Gasteiger partial charge in [0.15, 0.2) is 0 Å². The summed E-state index contributed by atoms with van der Waals surface area (Å²) >= 11 is 0. The maximum absolute atomic E-state index is 12.7. The third-order valence-electron chi connectivity index (χ3n) is 2.66. The molecular weight excluding hydrogens is 221 g/mol. The molecule has 1 saturated heterocycles. The Morgan fingerprint density at radius 1 is 1.41 bits per heavy atom. The minimum atomic E-state index is -0.416. The quantitative estimate of drug-likeness (QED) is 0.812. The van der Waals surface area contributed by atoms with Crippen LogP contribution in [0.3, 0.4) is 0 Å². The zero-order chi connectivity index (χ0) is 12.3. The third kappa shape index (κ3) is 3.03. The molecule has 0 aliphatic carbocycles. The van der Waals surface area contributed by atoms with Crippen LogP contribution in [0.1, 0.15) is 12.8 Å². The van der Waals surface area contributed by atoms with Crippen LogP contribution in [0.25, 0.3) is 0 Å². The highest BCUT2D eigenvalue weighted by molar-refractivity contribution is 6.00. The van der Waals surface area contributed by atoms with Crippen molar-refractivity contribution in [1.82, 2.24) is 4.90 Å². The van der Waals surface area contributed by atoms with Crippen molar-refractivity contribution in [2.24, 2.45) is 4.99 Å². The summed E-state index contributed by atoms with van der Waals surface area (Å²) in [4.78, 5) is 17.5. The van der Waals surface area contributed by atoms with Crippen LogP contribution in [0.15, 0.2) is 29.3 Å².